The number of para-hydroxylation sites is 2. The smallest absolute Gasteiger partial charge is 0.269 e. The van der Waals surface area contributed by atoms with E-state index >= 15 is 0 Å². The van der Waals surface area contributed by atoms with Crippen molar-refractivity contribution in [3.05, 3.63) is 105 Å². The molecule has 34 heavy (non-hydrogen) atoms. The summed E-state index contributed by atoms with van der Waals surface area (Å²) in [6.45, 7) is 0. The summed E-state index contributed by atoms with van der Waals surface area (Å²) in [5.41, 5.74) is 10.5. The Bertz CT molecular complexity index is 1740. The zero-order valence-electron chi connectivity index (χ0n) is 17.6. The molecule has 0 radical (unpaired) electrons. The van der Waals surface area contributed by atoms with E-state index in [2.05, 4.69) is 6.07 Å². The van der Waals surface area contributed by atoms with Crippen molar-refractivity contribution < 1.29 is 9.66 Å². The first kappa shape index (κ1) is 19.6. The SMILES string of the molecule is N#CC1=C(N)Oc2c(c3nc4ccccc4nc3c3ccccc23)C1c1ccc([N+](=O)[O-])cc1. The van der Waals surface area contributed by atoms with Gasteiger partial charge in [-0.3, -0.25) is 10.1 Å². The van der Waals surface area contributed by atoms with Crippen LogP contribution in [0.4, 0.5) is 5.69 Å². The van der Waals surface area contributed by atoms with Gasteiger partial charge in [-0.25, -0.2) is 9.97 Å². The van der Waals surface area contributed by atoms with Crippen molar-refractivity contribution in [3.8, 4) is 11.8 Å². The molecule has 1 atom stereocenters. The highest BCUT2D eigenvalue weighted by Gasteiger charge is 2.35. The van der Waals surface area contributed by atoms with Crippen molar-refractivity contribution >= 4 is 38.5 Å². The minimum absolute atomic E-state index is 0.00314. The third-order valence-corrected chi connectivity index (χ3v) is 6.11. The number of allylic oxidation sites excluding steroid dienone is 1. The average molecular weight is 445 g/mol. The predicted molar refractivity (Wildman–Crippen MR) is 127 cm³/mol. The maximum absolute atomic E-state index is 11.2. The van der Waals surface area contributed by atoms with Crippen LogP contribution in [0.2, 0.25) is 0 Å². The van der Waals surface area contributed by atoms with Crippen LogP contribution in [0, 0.1) is 21.4 Å². The molecule has 0 amide bonds. The quantitative estimate of drug-likeness (QED) is 0.174. The number of rotatable bonds is 2. The zero-order chi connectivity index (χ0) is 23.4. The van der Waals surface area contributed by atoms with Gasteiger partial charge in [0, 0.05) is 28.5 Å². The number of fused-ring (bicyclic) bond motifs is 7. The number of nitrogens with two attached hydrogens (primary N) is 1. The number of hydrogen-bond acceptors (Lipinski definition) is 7. The number of nitriles is 1. The Labute approximate surface area is 192 Å². The lowest BCUT2D eigenvalue weighted by Crippen LogP contribution is -2.22. The van der Waals surface area contributed by atoms with Gasteiger partial charge in [-0.15, -0.1) is 0 Å². The minimum atomic E-state index is -0.628. The molecule has 0 saturated heterocycles. The highest BCUT2D eigenvalue weighted by Crippen LogP contribution is 2.49. The maximum atomic E-state index is 11.2. The normalized spacial score (nSPS) is 15.2. The Morgan fingerprint density at radius 2 is 1.53 bits per heavy atom. The summed E-state index contributed by atoms with van der Waals surface area (Å²) in [6.07, 6.45) is 0. The van der Waals surface area contributed by atoms with E-state index in [0.717, 1.165) is 16.3 Å². The largest absolute Gasteiger partial charge is 0.439 e. The summed E-state index contributed by atoms with van der Waals surface area (Å²) < 4.78 is 6.04. The molecular formula is C26H15N5O3. The van der Waals surface area contributed by atoms with Crippen LogP contribution in [0.25, 0.3) is 32.8 Å². The van der Waals surface area contributed by atoms with E-state index in [9.17, 15) is 15.4 Å². The fourth-order valence-corrected chi connectivity index (χ4v) is 4.59. The standard InChI is InChI=1S/C26H15N5O3/c27-13-18-21(14-9-11-15(12-10-14)31(32)33)22-24-23(29-19-7-3-4-8-20(19)30-24)16-5-1-2-6-17(16)25(22)34-26(18)28/h1-12,21H,28H2. The van der Waals surface area contributed by atoms with Gasteiger partial charge in [0.1, 0.15) is 17.4 Å². The summed E-state index contributed by atoms with van der Waals surface area (Å²) in [5, 5.41) is 22.8. The lowest BCUT2D eigenvalue weighted by Gasteiger charge is -2.28. The Kier molecular flexibility index (Phi) is 4.19. The van der Waals surface area contributed by atoms with Crippen molar-refractivity contribution in [2.45, 2.75) is 5.92 Å². The van der Waals surface area contributed by atoms with Crippen LogP contribution in [0.15, 0.2) is 84.3 Å². The summed E-state index contributed by atoms with van der Waals surface area (Å²) in [4.78, 5) is 20.6. The number of aromatic nitrogens is 2. The van der Waals surface area contributed by atoms with Crippen LogP contribution in [-0.4, -0.2) is 14.9 Å². The summed E-state index contributed by atoms with van der Waals surface area (Å²) in [5.74, 6) is -0.124. The van der Waals surface area contributed by atoms with Crippen LogP contribution in [0.5, 0.6) is 5.75 Å². The summed E-state index contributed by atoms with van der Waals surface area (Å²) in [6, 6.07) is 23.5. The molecule has 4 aromatic carbocycles. The molecule has 1 aliphatic rings. The van der Waals surface area contributed by atoms with E-state index in [0.29, 0.717) is 33.4 Å². The third-order valence-electron chi connectivity index (χ3n) is 6.11. The van der Waals surface area contributed by atoms with E-state index in [4.69, 9.17) is 20.4 Å². The highest BCUT2D eigenvalue weighted by atomic mass is 16.6. The van der Waals surface area contributed by atoms with E-state index in [1.54, 1.807) is 12.1 Å². The van der Waals surface area contributed by atoms with Crippen LogP contribution < -0.4 is 10.5 Å². The van der Waals surface area contributed by atoms with Crippen LogP contribution in [0.3, 0.4) is 0 Å². The Morgan fingerprint density at radius 1 is 0.912 bits per heavy atom. The second-order valence-electron chi connectivity index (χ2n) is 7.97. The highest BCUT2D eigenvalue weighted by molar-refractivity contribution is 6.11. The molecule has 6 rings (SSSR count). The lowest BCUT2D eigenvalue weighted by atomic mass is 9.81. The van der Waals surface area contributed by atoms with Gasteiger partial charge in [0.05, 0.1) is 32.9 Å². The Balaban J connectivity index is 1.77. The number of nitrogens with zero attached hydrogens (tertiary/aromatic N) is 4. The minimum Gasteiger partial charge on any atom is -0.439 e. The molecule has 0 spiro atoms. The molecule has 1 aliphatic heterocycles. The fraction of sp³-hybridized carbons (Fsp3) is 0.0385. The maximum Gasteiger partial charge on any atom is 0.269 e. The number of nitro benzene ring substituents is 1. The Hall–Kier alpha value is -5.03. The van der Waals surface area contributed by atoms with E-state index < -0.39 is 10.8 Å². The van der Waals surface area contributed by atoms with Crippen LogP contribution in [-0.2, 0) is 0 Å². The monoisotopic (exact) mass is 445 g/mol. The third kappa shape index (κ3) is 2.77. The fourth-order valence-electron chi connectivity index (χ4n) is 4.59. The van der Waals surface area contributed by atoms with Crippen molar-refractivity contribution in [1.82, 2.24) is 9.97 Å². The molecule has 2 N–H and O–H groups in total. The first-order valence-electron chi connectivity index (χ1n) is 10.5. The molecule has 0 aliphatic carbocycles. The zero-order valence-corrected chi connectivity index (χ0v) is 17.6. The summed E-state index contributed by atoms with van der Waals surface area (Å²) >= 11 is 0. The van der Waals surface area contributed by atoms with Gasteiger partial charge in [0.2, 0.25) is 5.88 Å². The van der Waals surface area contributed by atoms with E-state index in [1.165, 1.54) is 12.1 Å². The molecular weight excluding hydrogens is 430 g/mol. The molecule has 1 unspecified atom stereocenters. The Morgan fingerprint density at radius 3 is 2.18 bits per heavy atom. The topological polar surface area (TPSA) is 128 Å². The van der Waals surface area contributed by atoms with Crippen LogP contribution in [0.1, 0.15) is 17.0 Å². The van der Waals surface area contributed by atoms with Crippen molar-refractivity contribution in [3.63, 3.8) is 0 Å². The number of hydrogen-bond donors (Lipinski definition) is 1. The molecule has 8 heteroatoms. The van der Waals surface area contributed by atoms with Crippen LogP contribution >= 0.6 is 0 Å². The lowest BCUT2D eigenvalue weighted by molar-refractivity contribution is -0.384. The molecule has 2 heterocycles. The van der Waals surface area contributed by atoms with Gasteiger partial charge in [0.15, 0.2) is 0 Å². The number of non-ortho nitro benzene ring substituents is 1. The summed E-state index contributed by atoms with van der Waals surface area (Å²) in [7, 11) is 0. The average Bonchev–Trinajstić information content (AvgIpc) is 2.87. The molecule has 8 nitrogen and oxygen atoms in total. The second-order valence-corrected chi connectivity index (χ2v) is 7.97. The van der Waals surface area contributed by atoms with Gasteiger partial charge < -0.3 is 10.5 Å². The van der Waals surface area contributed by atoms with Gasteiger partial charge in [0.25, 0.3) is 5.69 Å². The van der Waals surface area contributed by atoms with Gasteiger partial charge in [-0.2, -0.15) is 5.26 Å². The molecule has 0 fully saturated rings. The number of ether oxygens (including phenoxy) is 1. The number of benzene rings is 4. The van der Waals surface area contributed by atoms with Gasteiger partial charge >= 0.3 is 0 Å². The van der Waals surface area contributed by atoms with Crippen molar-refractivity contribution in [2.75, 3.05) is 0 Å². The van der Waals surface area contributed by atoms with Gasteiger partial charge in [-0.1, -0.05) is 48.5 Å². The van der Waals surface area contributed by atoms with Gasteiger partial charge in [-0.05, 0) is 17.7 Å². The molecule has 0 saturated carbocycles. The molecule has 5 aromatic rings. The predicted octanol–water partition coefficient (Wildman–Crippen LogP) is 5.06. The van der Waals surface area contributed by atoms with E-state index in [-0.39, 0.29) is 17.1 Å². The molecule has 0 bridgehead atoms. The van der Waals surface area contributed by atoms with E-state index in [1.807, 2.05) is 48.5 Å². The van der Waals surface area contributed by atoms with Crippen molar-refractivity contribution in [1.29, 1.82) is 5.26 Å². The number of nitro groups is 1. The second kappa shape index (κ2) is 7.25. The first-order chi connectivity index (χ1) is 16.6. The first-order valence-corrected chi connectivity index (χ1v) is 10.5. The molecule has 162 valence electrons. The van der Waals surface area contributed by atoms with Crippen molar-refractivity contribution in [2.24, 2.45) is 5.73 Å². The molecule has 1 aromatic heterocycles.